The number of hydrogen-bond donors (Lipinski definition) is 1. The average molecular weight is 175 g/mol. The minimum absolute atomic E-state index is 0.492. The van der Waals surface area contributed by atoms with Gasteiger partial charge in [-0.25, -0.2) is 0 Å². The lowest BCUT2D eigenvalue weighted by Gasteiger charge is -2.14. The van der Waals surface area contributed by atoms with Gasteiger partial charge in [-0.3, -0.25) is 0 Å². The van der Waals surface area contributed by atoms with E-state index < -0.39 is 0 Å². The Bertz CT molecular complexity index is 88.6. The van der Waals surface area contributed by atoms with Crippen molar-refractivity contribution in [2.45, 2.75) is 25.8 Å². The number of hydrogen-bond acceptors (Lipinski definition) is 3. The fourth-order valence-electron chi connectivity index (χ4n) is 1.03. The van der Waals surface area contributed by atoms with Crippen molar-refractivity contribution in [3.05, 3.63) is 0 Å². The highest BCUT2D eigenvalue weighted by Crippen LogP contribution is 1.96. The molecule has 12 heavy (non-hydrogen) atoms. The summed E-state index contributed by atoms with van der Waals surface area (Å²) in [6.07, 6.45) is 2.36. The van der Waals surface area contributed by atoms with Gasteiger partial charge in [-0.15, -0.1) is 0 Å². The molecule has 3 heteroatoms. The second kappa shape index (κ2) is 8.97. The summed E-state index contributed by atoms with van der Waals surface area (Å²) < 4.78 is 10.3. The van der Waals surface area contributed by atoms with Crippen molar-refractivity contribution in [3.63, 3.8) is 0 Å². The highest BCUT2D eigenvalue weighted by atomic mass is 16.5. The van der Waals surface area contributed by atoms with E-state index in [1.165, 1.54) is 12.8 Å². The second-order valence-corrected chi connectivity index (χ2v) is 2.84. The summed E-state index contributed by atoms with van der Waals surface area (Å²) >= 11 is 0. The van der Waals surface area contributed by atoms with Gasteiger partial charge >= 0.3 is 0 Å². The number of methoxy groups -OCH3 is 1. The fraction of sp³-hybridized carbons (Fsp3) is 1.00. The molecule has 0 aliphatic rings. The Morgan fingerprint density at radius 3 is 2.58 bits per heavy atom. The van der Waals surface area contributed by atoms with Crippen molar-refractivity contribution in [3.8, 4) is 0 Å². The predicted molar refractivity (Wildman–Crippen MR) is 50.5 cm³/mol. The zero-order valence-electron chi connectivity index (χ0n) is 8.43. The Morgan fingerprint density at radius 1 is 1.33 bits per heavy atom. The van der Waals surface area contributed by atoms with Crippen molar-refractivity contribution in [2.24, 2.45) is 0 Å². The summed E-state index contributed by atoms with van der Waals surface area (Å²) in [7, 11) is 3.66. The molecule has 0 rings (SSSR count). The van der Waals surface area contributed by atoms with E-state index in [9.17, 15) is 0 Å². The van der Waals surface area contributed by atoms with Gasteiger partial charge in [0.2, 0.25) is 0 Å². The van der Waals surface area contributed by atoms with Crippen molar-refractivity contribution in [1.82, 2.24) is 5.32 Å². The Balaban J connectivity index is 3.19. The van der Waals surface area contributed by atoms with Gasteiger partial charge in [0.1, 0.15) is 0 Å². The first-order valence-corrected chi connectivity index (χ1v) is 4.59. The van der Waals surface area contributed by atoms with Crippen molar-refractivity contribution in [1.29, 1.82) is 0 Å². The number of likely N-dealkylation sites (N-methyl/N-ethyl adjacent to an activating group) is 1. The Kier molecular flexibility index (Phi) is 8.88. The van der Waals surface area contributed by atoms with E-state index in [2.05, 4.69) is 12.2 Å². The predicted octanol–water partition coefficient (Wildman–Crippen LogP) is 1.04. The maximum Gasteiger partial charge on any atom is 0.0701 e. The van der Waals surface area contributed by atoms with Crippen LogP contribution < -0.4 is 5.32 Å². The molecule has 0 aromatic heterocycles. The molecule has 74 valence electrons. The van der Waals surface area contributed by atoms with E-state index >= 15 is 0 Å². The van der Waals surface area contributed by atoms with Crippen LogP contribution in [-0.4, -0.2) is 40.0 Å². The van der Waals surface area contributed by atoms with Crippen LogP contribution in [0.15, 0.2) is 0 Å². The van der Waals surface area contributed by atoms with E-state index in [0.29, 0.717) is 19.3 Å². The number of rotatable bonds is 8. The normalized spacial score (nSPS) is 13.2. The Labute approximate surface area is 75.4 Å². The molecule has 1 N–H and O–H groups in total. The molecule has 1 atom stereocenters. The van der Waals surface area contributed by atoms with Gasteiger partial charge in [-0.2, -0.15) is 0 Å². The molecule has 0 aliphatic heterocycles. The van der Waals surface area contributed by atoms with Crippen LogP contribution in [-0.2, 0) is 9.47 Å². The van der Waals surface area contributed by atoms with E-state index in [1.807, 2.05) is 7.05 Å². The molecule has 0 saturated heterocycles. The van der Waals surface area contributed by atoms with Crippen LogP contribution in [0.5, 0.6) is 0 Å². The van der Waals surface area contributed by atoms with Gasteiger partial charge in [0.15, 0.2) is 0 Å². The summed E-state index contributed by atoms with van der Waals surface area (Å²) in [6.45, 7) is 4.34. The molecule has 0 heterocycles. The summed E-state index contributed by atoms with van der Waals surface area (Å²) in [5.74, 6) is 0. The van der Waals surface area contributed by atoms with E-state index in [0.717, 1.165) is 6.61 Å². The summed E-state index contributed by atoms with van der Waals surface area (Å²) in [5, 5.41) is 3.21. The maximum atomic E-state index is 5.39. The maximum absolute atomic E-state index is 5.39. The molecule has 0 fully saturated rings. The molecular formula is C9H21NO2. The fourth-order valence-corrected chi connectivity index (χ4v) is 1.03. The van der Waals surface area contributed by atoms with Crippen LogP contribution in [0.1, 0.15) is 19.8 Å². The van der Waals surface area contributed by atoms with Crippen LogP contribution in [0.3, 0.4) is 0 Å². The van der Waals surface area contributed by atoms with E-state index in [4.69, 9.17) is 9.47 Å². The van der Waals surface area contributed by atoms with Gasteiger partial charge in [-0.05, 0) is 13.5 Å². The van der Waals surface area contributed by atoms with Crippen LogP contribution in [0.4, 0.5) is 0 Å². The topological polar surface area (TPSA) is 30.5 Å². The highest BCUT2D eigenvalue weighted by Gasteiger charge is 2.03. The third-order valence-corrected chi connectivity index (χ3v) is 1.80. The minimum atomic E-state index is 0.492. The van der Waals surface area contributed by atoms with Crippen LogP contribution in [0, 0.1) is 0 Å². The van der Waals surface area contributed by atoms with Crippen molar-refractivity contribution in [2.75, 3.05) is 34.0 Å². The molecule has 0 saturated carbocycles. The lowest BCUT2D eigenvalue weighted by Crippen LogP contribution is -2.30. The highest BCUT2D eigenvalue weighted by molar-refractivity contribution is 4.61. The lowest BCUT2D eigenvalue weighted by molar-refractivity contribution is 0.0585. The summed E-state index contributed by atoms with van der Waals surface area (Å²) in [4.78, 5) is 0. The van der Waals surface area contributed by atoms with E-state index in [-0.39, 0.29) is 0 Å². The van der Waals surface area contributed by atoms with Crippen LogP contribution in [0.2, 0.25) is 0 Å². The van der Waals surface area contributed by atoms with Crippen LogP contribution in [0.25, 0.3) is 0 Å². The SMILES string of the molecule is CCCC(COCCOC)NC. The molecule has 0 amide bonds. The number of nitrogens with one attached hydrogen (secondary N) is 1. The summed E-state index contributed by atoms with van der Waals surface area (Å²) in [6, 6.07) is 0.492. The van der Waals surface area contributed by atoms with Gasteiger partial charge in [0.05, 0.1) is 19.8 Å². The summed E-state index contributed by atoms with van der Waals surface area (Å²) in [5.41, 5.74) is 0. The van der Waals surface area contributed by atoms with Gasteiger partial charge in [-0.1, -0.05) is 13.3 Å². The third-order valence-electron chi connectivity index (χ3n) is 1.80. The Morgan fingerprint density at radius 2 is 2.08 bits per heavy atom. The molecule has 0 aliphatic carbocycles. The molecule has 0 spiro atoms. The standard InChI is InChI=1S/C9H21NO2/c1-4-5-9(10-2)8-12-7-6-11-3/h9-10H,4-8H2,1-3H3. The van der Waals surface area contributed by atoms with Crippen LogP contribution >= 0.6 is 0 Å². The van der Waals surface area contributed by atoms with Gasteiger partial charge in [0.25, 0.3) is 0 Å². The average Bonchev–Trinajstić information content (AvgIpc) is 2.10. The first-order valence-electron chi connectivity index (χ1n) is 4.59. The molecular weight excluding hydrogens is 154 g/mol. The molecule has 0 bridgehead atoms. The monoisotopic (exact) mass is 175 g/mol. The molecule has 0 aromatic rings. The molecule has 3 nitrogen and oxygen atoms in total. The quantitative estimate of drug-likeness (QED) is 0.559. The first kappa shape index (κ1) is 11.9. The zero-order chi connectivity index (χ0) is 9.23. The molecule has 0 aromatic carbocycles. The smallest absolute Gasteiger partial charge is 0.0701 e. The van der Waals surface area contributed by atoms with Gasteiger partial charge < -0.3 is 14.8 Å². The Hall–Kier alpha value is -0.120. The second-order valence-electron chi connectivity index (χ2n) is 2.84. The first-order chi connectivity index (χ1) is 5.85. The number of ether oxygens (including phenoxy) is 2. The van der Waals surface area contributed by atoms with Crippen molar-refractivity contribution >= 4 is 0 Å². The van der Waals surface area contributed by atoms with Crippen molar-refractivity contribution < 1.29 is 9.47 Å². The minimum Gasteiger partial charge on any atom is -0.382 e. The van der Waals surface area contributed by atoms with Gasteiger partial charge in [0, 0.05) is 13.2 Å². The zero-order valence-corrected chi connectivity index (χ0v) is 8.43. The lowest BCUT2D eigenvalue weighted by atomic mass is 10.2. The third kappa shape index (κ3) is 6.58. The molecule has 1 unspecified atom stereocenters. The van der Waals surface area contributed by atoms with E-state index in [1.54, 1.807) is 7.11 Å². The molecule has 0 radical (unpaired) electrons. The largest absolute Gasteiger partial charge is 0.382 e.